The molecule has 6 aromatic rings. The van der Waals surface area contributed by atoms with E-state index in [2.05, 4.69) is 192 Å². The van der Waals surface area contributed by atoms with Gasteiger partial charge < -0.3 is 9.80 Å². The van der Waals surface area contributed by atoms with Crippen LogP contribution in [0.3, 0.4) is 0 Å². The molecule has 1 heterocycles. The molecule has 0 radical (unpaired) electrons. The first-order valence-corrected chi connectivity index (χ1v) is 19.9. The van der Waals surface area contributed by atoms with Gasteiger partial charge in [-0.3, -0.25) is 0 Å². The number of anilines is 4. The number of aryl methyl sites for hydroxylation is 4. The van der Waals surface area contributed by atoms with Gasteiger partial charge in [-0.1, -0.05) is 84.9 Å². The fourth-order valence-corrected chi connectivity index (χ4v) is 13.4. The van der Waals surface area contributed by atoms with Crippen LogP contribution in [0, 0.1) is 27.7 Å². The normalized spacial score (nSPS) is 17.5. The maximum Gasteiger partial charge on any atom is 0.128 e. The van der Waals surface area contributed by atoms with Crippen molar-refractivity contribution in [3.8, 4) is 0 Å². The largest absolute Gasteiger partial charge is 0.341 e. The van der Waals surface area contributed by atoms with Gasteiger partial charge in [0.1, 0.15) is 23.2 Å². The van der Waals surface area contributed by atoms with Crippen molar-refractivity contribution < 1.29 is 0 Å². The van der Waals surface area contributed by atoms with Crippen LogP contribution in [-0.4, -0.2) is 20.8 Å². The van der Waals surface area contributed by atoms with E-state index in [1.807, 2.05) is 0 Å². The second kappa shape index (κ2) is 12.4. The van der Waals surface area contributed by atoms with Gasteiger partial charge in [0.15, 0.2) is 0 Å². The Kier molecular flexibility index (Phi) is 8.30. The smallest absolute Gasteiger partial charge is 0.128 e. The summed E-state index contributed by atoms with van der Waals surface area (Å²) in [6.07, 6.45) is 0. The fourth-order valence-electron chi connectivity index (χ4n) is 7.12. The molecule has 0 saturated carbocycles. The third-order valence-corrected chi connectivity index (χ3v) is 16.3. The zero-order valence-electron chi connectivity index (χ0n) is 28.5. The lowest BCUT2D eigenvalue weighted by atomic mass is 10.1. The summed E-state index contributed by atoms with van der Waals surface area (Å²) in [7, 11) is 1.51. The molecule has 234 valence electrons. The van der Waals surface area contributed by atoms with Crippen molar-refractivity contribution >= 4 is 69.8 Å². The lowest BCUT2D eigenvalue weighted by Gasteiger charge is -2.36. The SMILES string of the molecule is Cc1ccc2c(c1)N(C)c1cc(C)ccc1[P+](C)(c1ccccc1)c1ccc(C)cc1N(C)c1cc(C)ccc1P2c1ccccc1. The van der Waals surface area contributed by atoms with Gasteiger partial charge in [-0.2, -0.15) is 0 Å². The number of rotatable bonds is 2. The minimum Gasteiger partial charge on any atom is -0.341 e. The Labute approximate surface area is 282 Å². The van der Waals surface area contributed by atoms with Gasteiger partial charge in [-0.15, -0.1) is 0 Å². The first-order chi connectivity index (χ1) is 22.7. The quantitative estimate of drug-likeness (QED) is 0.174. The van der Waals surface area contributed by atoms with Gasteiger partial charge in [-0.05, 0) is 112 Å². The van der Waals surface area contributed by atoms with Crippen LogP contribution in [0.25, 0.3) is 0 Å². The topological polar surface area (TPSA) is 6.48 Å². The minimum atomic E-state index is -2.16. The molecule has 6 aromatic carbocycles. The Morgan fingerprint density at radius 2 is 0.830 bits per heavy atom. The number of benzene rings is 6. The first-order valence-electron chi connectivity index (χ1n) is 16.4. The number of hydrogen-bond donors (Lipinski definition) is 0. The van der Waals surface area contributed by atoms with Crippen molar-refractivity contribution in [3.05, 3.63) is 156 Å². The molecule has 0 unspecified atom stereocenters. The predicted molar refractivity (Wildman–Crippen MR) is 211 cm³/mol. The summed E-state index contributed by atoms with van der Waals surface area (Å²) < 4.78 is 0. The third kappa shape index (κ3) is 5.49. The van der Waals surface area contributed by atoms with Gasteiger partial charge in [-0.25, -0.2) is 0 Å². The molecule has 0 spiro atoms. The molecular formula is C43H43N2P2+. The van der Waals surface area contributed by atoms with E-state index in [0.717, 1.165) is 0 Å². The highest BCUT2D eigenvalue weighted by molar-refractivity contribution is 7.95. The van der Waals surface area contributed by atoms with E-state index in [1.165, 1.54) is 76.8 Å². The summed E-state index contributed by atoms with van der Waals surface area (Å²) >= 11 is 0. The molecule has 0 amide bonds. The van der Waals surface area contributed by atoms with Crippen LogP contribution < -0.4 is 41.6 Å². The van der Waals surface area contributed by atoms with Crippen molar-refractivity contribution in [1.82, 2.24) is 0 Å². The molecule has 0 saturated heterocycles. The summed E-state index contributed by atoms with van der Waals surface area (Å²) in [5.74, 6) is 0. The Balaban J connectivity index is 1.68. The van der Waals surface area contributed by atoms with Crippen LogP contribution in [0.2, 0.25) is 0 Å². The maximum absolute atomic E-state index is 2.53. The zero-order valence-corrected chi connectivity index (χ0v) is 30.3. The summed E-state index contributed by atoms with van der Waals surface area (Å²) in [6, 6.07) is 50.9. The monoisotopic (exact) mass is 649 g/mol. The summed E-state index contributed by atoms with van der Waals surface area (Å²) in [4.78, 5) is 4.99. The summed E-state index contributed by atoms with van der Waals surface area (Å²) in [6.45, 7) is 11.4. The van der Waals surface area contributed by atoms with Crippen molar-refractivity contribution in [2.24, 2.45) is 0 Å². The van der Waals surface area contributed by atoms with Gasteiger partial charge in [0.2, 0.25) is 0 Å². The molecule has 0 fully saturated rings. The maximum atomic E-state index is 2.53. The minimum absolute atomic E-state index is 0.905. The molecular weight excluding hydrogens is 606 g/mol. The lowest BCUT2D eigenvalue weighted by Crippen LogP contribution is -2.38. The molecule has 2 nitrogen and oxygen atoms in total. The van der Waals surface area contributed by atoms with E-state index in [0.29, 0.717) is 0 Å². The Bertz CT molecular complexity index is 1980. The molecule has 0 atom stereocenters. The molecule has 0 bridgehead atoms. The van der Waals surface area contributed by atoms with Crippen LogP contribution >= 0.6 is 15.2 Å². The predicted octanol–water partition coefficient (Wildman–Crippen LogP) is 8.45. The van der Waals surface area contributed by atoms with Gasteiger partial charge in [0.05, 0.1) is 18.0 Å². The molecule has 7 rings (SSSR count). The zero-order chi connectivity index (χ0) is 32.9. The van der Waals surface area contributed by atoms with Crippen LogP contribution in [0.4, 0.5) is 22.7 Å². The number of hydrogen-bond acceptors (Lipinski definition) is 2. The van der Waals surface area contributed by atoms with Gasteiger partial charge in [0, 0.05) is 36.1 Å². The molecule has 4 heteroatoms. The summed E-state index contributed by atoms with van der Waals surface area (Å²) in [5, 5.41) is 8.28. The van der Waals surface area contributed by atoms with Crippen molar-refractivity contribution in [2.45, 2.75) is 27.7 Å². The highest BCUT2D eigenvalue weighted by Gasteiger charge is 2.46. The van der Waals surface area contributed by atoms with Crippen LogP contribution in [-0.2, 0) is 0 Å². The van der Waals surface area contributed by atoms with E-state index in [4.69, 9.17) is 0 Å². The van der Waals surface area contributed by atoms with Crippen LogP contribution in [0.1, 0.15) is 22.3 Å². The average molecular weight is 650 g/mol. The number of nitrogens with zero attached hydrogens (tertiary/aromatic N) is 2. The molecule has 0 aliphatic carbocycles. The third-order valence-electron chi connectivity index (χ3n) is 9.70. The molecule has 1 aliphatic rings. The second-order valence-corrected chi connectivity index (χ2v) is 18.7. The Morgan fingerprint density at radius 3 is 1.28 bits per heavy atom. The van der Waals surface area contributed by atoms with Crippen molar-refractivity contribution in [2.75, 3.05) is 30.6 Å². The van der Waals surface area contributed by atoms with E-state index >= 15 is 0 Å². The van der Waals surface area contributed by atoms with Crippen molar-refractivity contribution in [3.63, 3.8) is 0 Å². The number of fused-ring (bicyclic) bond motifs is 4. The standard InChI is InChI=1S/C43H43N2P2/c1-30-18-22-40-36(26-30)44(5)38-28-32(3)20-24-42(38)47(7,35-16-12-9-13-17-35)43-25-21-33(4)29-39(43)45(6)37-27-31(2)19-23-41(37)46(40)34-14-10-8-11-15-34/h8-29H,1-7H3/q+1. The van der Waals surface area contributed by atoms with E-state index in [9.17, 15) is 0 Å². The van der Waals surface area contributed by atoms with Gasteiger partial charge in [0.25, 0.3) is 0 Å². The molecule has 1 aliphatic heterocycles. The van der Waals surface area contributed by atoms with Crippen molar-refractivity contribution in [1.29, 1.82) is 0 Å². The van der Waals surface area contributed by atoms with Gasteiger partial charge >= 0.3 is 0 Å². The highest BCUT2D eigenvalue weighted by Crippen LogP contribution is 2.57. The first kappa shape index (κ1) is 31.4. The van der Waals surface area contributed by atoms with Crippen LogP contribution in [0.15, 0.2) is 133 Å². The molecule has 47 heavy (non-hydrogen) atoms. The molecule has 0 N–H and O–H groups in total. The van der Waals surface area contributed by atoms with E-state index in [-0.39, 0.29) is 0 Å². The van der Waals surface area contributed by atoms with Crippen LogP contribution in [0.5, 0.6) is 0 Å². The summed E-state index contributed by atoms with van der Waals surface area (Å²) in [5.41, 5.74) is 10.2. The average Bonchev–Trinajstić information content (AvgIpc) is 3.09. The Morgan fingerprint density at radius 1 is 0.447 bits per heavy atom. The van der Waals surface area contributed by atoms with E-state index in [1.54, 1.807) is 0 Å². The molecule has 0 aromatic heterocycles. The fraction of sp³-hybridized carbons (Fsp3) is 0.163. The highest BCUT2D eigenvalue weighted by atomic mass is 31.2. The second-order valence-electron chi connectivity index (χ2n) is 13.1. The Hall–Kier alpha value is -4.22. The van der Waals surface area contributed by atoms with E-state index < -0.39 is 15.2 Å². The lowest BCUT2D eigenvalue weighted by molar-refractivity contribution is 1.21.